The average Bonchev–Trinajstić information content (AvgIpc) is 3.33. The van der Waals surface area contributed by atoms with Gasteiger partial charge in [0.25, 0.3) is 11.7 Å². The molecule has 4 aromatic rings. The lowest BCUT2D eigenvalue weighted by Crippen LogP contribution is -2.21. The number of rotatable bonds is 7. The summed E-state index contributed by atoms with van der Waals surface area (Å²) in [6.07, 6.45) is 1.51. The maximum atomic E-state index is 12.8. The van der Waals surface area contributed by atoms with Crippen molar-refractivity contribution in [3.8, 4) is 11.5 Å². The number of carbonyl (C=O) groups excluding carboxylic acids is 2. The topological polar surface area (TPSA) is 81.4 Å². The lowest BCUT2D eigenvalue weighted by molar-refractivity contribution is -0.119. The molecule has 0 aliphatic carbocycles. The summed E-state index contributed by atoms with van der Waals surface area (Å²) in [6, 6.07) is 18.0. The van der Waals surface area contributed by atoms with E-state index in [4.69, 9.17) is 9.15 Å². The number of hydrogen-bond acceptors (Lipinski definition) is 6. The Labute approximate surface area is 185 Å². The highest BCUT2D eigenvalue weighted by Crippen LogP contribution is 2.27. The van der Waals surface area contributed by atoms with Crippen LogP contribution in [0.3, 0.4) is 0 Å². The van der Waals surface area contributed by atoms with Crippen LogP contribution in [0.5, 0.6) is 0 Å². The smallest absolute Gasteiger partial charge is 0.339 e. The molecule has 0 aliphatic heterocycles. The quantitative estimate of drug-likeness (QED) is 0.289. The molecule has 0 aliphatic rings. The van der Waals surface area contributed by atoms with E-state index in [0.29, 0.717) is 44.7 Å². The number of thioether (sulfide) groups is 1. The first kappa shape index (κ1) is 21.5. The Hall–Kier alpha value is -3.72. The number of hydrogen-bond donors (Lipinski definition) is 1. The van der Waals surface area contributed by atoms with Gasteiger partial charge in [-0.05, 0) is 48.5 Å². The molecule has 0 spiro atoms. The standard InChI is InChI=1S/C23H16F2N2O4S/c24-23(25)32-15-9-7-14(8-10-15)26-21(28)13-31-22(29)17-12-19(20-6-3-11-30-20)27-18-5-2-1-4-16(17)18/h1-12,23H,13H2,(H,26,28). The Morgan fingerprint density at radius 2 is 1.84 bits per heavy atom. The number of carbonyl (C=O) groups is 2. The van der Waals surface area contributed by atoms with Gasteiger partial charge in [-0.15, -0.1) is 0 Å². The number of ether oxygens (including phenoxy) is 1. The van der Waals surface area contributed by atoms with E-state index in [1.165, 1.54) is 30.5 Å². The number of amides is 1. The molecule has 0 saturated carbocycles. The highest BCUT2D eigenvalue weighted by Gasteiger charge is 2.17. The monoisotopic (exact) mass is 454 g/mol. The molecule has 0 radical (unpaired) electrons. The number of fused-ring (bicyclic) bond motifs is 1. The molecule has 2 heterocycles. The van der Waals surface area contributed by atoms with Gasteiger partial charge in [-0.1, -0.05) is 30.0 Å². The van der Waals surface area contributed by atoms with E-state index in [1.807, 2.05) is 0 Å². The number of para-hydroxylation sites is 1. The molecule has 2 aromatic heterocycles. The van der Waals surface area contributed by atoms with Crippen LogP contribution in [-0.2, 0) is 9.53 Å². The number of alkyl halides is 2. The molecule has 0 saturated heterocycles. The molecule has 0 fully saturated rings. The first-order valence-corrected chi connectivity index (χ1v) is 10.3. The number of anilines is 1. The molecule has 6 nitrogen and oxygen atoms in total. The normalized spacial score (nSPS) is 11.0. The van der Waals surface area contributed by atoms with E-state index in [1.54, 1.807) is 42.5 Å². The average molecular weight is 454 g/mol. The third-order valence-corrected chi connectivity index (χ3v) is 5.13. The molecule has 9 heteroatoms. The Balaban J connectivity index is 1.45. The number of halogens is 2. The number of aromatic nitrogens is 1. The largest absolute Gasteiger partial charge is 0.463 e. The second kappa shape index (κ2) is 9.61. The van der Waals surface area contributed by atoms with E-state index in [9.17, 15) is 18.4 Å². The van der Waals surface area contributed by atoms with Crippen molar-refractivity contribution >= 4 is 40.2 Å². The third-order valence-electron chi connectivity index (χ3n) is 4.41. The molecule has 162 valence electrons. The second-order valence-corrected chi connectivity index (χ2v) is 7.64. The summed E-state index contributed by atoms with van der Waals surface area (Å²) in [5.74, 6) is -3.27. The highest BCUT2D eigenvalue weighted by molar-refractivity contribution is 7.99. The third kappa shape index (κ3) is 5.12. The van der Waals surface area contributed by atoms with Crippen LogP contribution in [0.15, 0.2) is 82.3 Å². The Morgan fingerprint density at radius 3 is 2.56 bits per heavy atom. The first-order valence-electron chi connectivity index (χ1n) is 9.45. The van der Waals surface area contributed by atoms with Crippen LogP contribution in [0.4, 0.5) is 14.5 Å². The molecule has 1 amide bonds. The number of nitrogens with zero attached hydrogens (tertiary/aromatic N) is 1. The number of esters is 1. The predicted octanol–water partition coefficient (Wildman–Crippen LogP) is 5.61. The molecule has 1 N–H and O–H groups in total. The van der Waals surface area contributed by atoms with E-state index in [-0.39, 0.29) is 5.56 Å². The summed E-state index contributed by atoms with van der Waals surface area (Å²) in [6.45, 7) is -0.515. The van der Waals surface area contributed by atoms with E-state index >= 15 is 0 Å². The maximum Gasteiger partial charge on any atom is 0.339 e. The molecular formula is C23H16F2N2O4S. The fourth-order valence-corrected chi connectivity index (χ4v) is 3.52. The van der Waals surface area contributed by atoms with Crippen LogP contribution in [0.25, 0.3) is 22.4 Å². The minimum Gasteiger partial charge on any atom is -0.463 e. The minimum absolute atomic E-state index is 0.253. The Morgan fingerprint density at radius 1 is 1.06 bits per heavy atom. The summed E-state index contributed by atoms with van der Waals surface area (Å²) < 4.78 is 35.4. The van der Waals surface area contributed by atoms with Crippen LogP contribution in [0, 0.1) is 0 Å². The van der Waals surface area contributed by atoms with Crippen LogP contribution in [-0.4, -0.2) is 29.2 Å². The van der Waals surface area contributed by atoms with Crippen molar-refractivity contribution in [3.63, 3.8) is 0 Å². The molecule has 0 bridgehead atoms. The van der Waals surface area contributed by atoms with E-state index in [0.717, 1.165) is 0 Å². The van der Waals surface area contributed by atoms with Crippen LogP contribution >= 0.6 is 11.8 Å². The van der Waals surface area contributed by atoms with Gasteiger partial charge in [0.1, 0.15) is 5.69 Å². The fourth-order valence-electron chi connectivity index (χ4n) is 3.02. The van der Waals surface area contributed by atoms with Gasteiger partial charge in [-0.2, -0.15) is 8.78 Å². The molecule has 0 unspecified atom stereocenters. The maximum absolute atomic E-state index is 12.8. The fraction of sp³-hybridized carbons (Fsp3) is 0.0870. The first-order chi connectivity index (χ1) is 15.5. The molecule has 0 atom stereocenters. The zero-order valence-electron chi connectivity index (χ0n) is 16.5. The number of pyridine rings is 1. The van der Waals surface area contributed by atoms with Crippen LogP contribution in [0.2, 0.25) is 0 Å². The van der Waals surface area contributed by atoms with Crippen molar-refractivity contribution in [3.05, 3.63) is 78.6 Å². The van der Waals surface area contributed by atoms with Crippen molar-refractivity contribution < 1.29 is 27.5 Å². The summed E-state index contributed by atoms with van der Waals surface area (Å²) in [7, 11) is 0. The van der Waals surface area contributed by atoms with E-state index in [2.05, 4.69) is 10.3 Å². The summed E-state index contributed by atoms with van der Waals surface area (Å²) >= 11 is 0.412. The van der Waals surface area contributed by atoms with Gasteiger partial charge in [-0.3, -0.25) is 4.79 Å². The van der Waals surface area contributed by atoms with Crippen LogP contribution in [0.1, 0.15) is 10.4 Å². The number of nitrogens with one attached hydrogen (secondary N) is 1. The van der Waals surface area contributed by atoms with Gasteiger partial charge in [-0.25, -0.2) is 9.78 Å². The Kier molecular flexibility index (Phi) is 6.46. The van der Waals surface area contributed by atoms with E-state index < -0.39 is 24.2 Å². The van der Waals surface area contributed by atoms with Gasteiger partial charge in [0.2, 0.25) is 0 Å². The summed E-state index contributed by atoms with van der Waals surface area (Å²) in [4.78, 5) is 29.8. The lowest BCUT2D eigenvalue weighted by Gasteiger charge is -2.10. The van der Waals surface area contributed by atoms with Gasteiger partial charge in [0.05, 0.1) is 17.3 Å². The summed E-state index contributed by atoms with van der Waals surface area (Å²) in [5.41, 5.74) is 1.70. The lowest BCUT2D eigenvalue weighted by atomic mass is 10.1. The van der Waals surface area contributed by atoms with Gasteiger partial charge in [0.15, 0.2) is 12.4 Å². The van der Waals surface area contributed by atoms with Crippen molar-refractivity contribution in [2.45, 2.75) is 10.7 Å². The number of furan rings is 1. The zero-order chi connectivity index (χ0) is 22.5. The molecular weight excluding hydrogens is 438 g/mol. The number of benzene rings is 2. The van der Waals surface area contributed by atoms with Crippen molar-refractivity contribution in [2.75, 3.05) is 11.9 Å². The molecule has 32 heavy (non-hydrogen) atoms. The van der Waals surface area contributed by atoms with Crippen molar-refractivity contribution in [1.82, 2.24) is 4.98 Å². The summed E-state index contributed by atoms with van der Waals surface area (Å²) in [5, 5.41) is 3.14. The van der Waals surface area contributed by atoms with Crippen molar-refractivity contribution in [1.29, 1.82) is 0 Å². The predicted molar refractivity (Wildman–Crippen MR) is 117 cm³/mol. The second-order valence-electron chi connectivity index (χ2n) is 6.58. The van der Waals surface area contributed by atoms with Gasteiger partial charge < -0.3 is 14.5 Å². The van der Waals surface area contributed by atoms with Gasteiger partial charge >= 0.3 is 5.97 Å². The molecule has 2 aromatic carbocycles. The highest BCUT2D eigenvalue weighted by atomic mass is 32.2. The molecule has 4 rings (SSSR count). The minimum atomic E-state index is -2.52. The SMILES string of the molecule is O=C(COC(=O)c1cc(-c2ccco2)nc2ccccc12)Nc1ccc(SC(F)F)cc1. The Bertz CT molecular complexity index is 1240. The zero-order valence-corrected chi connectivity index (χ0v) is 17.3. The van der Waals surface area contributed by atoms with Crippen molar-refractivity contribution in [2.24, 2.45) is 0 Å². The van der Waals surface area contributed by atoms with Crippen LogP contribution < -0.4 is 5.32 Å². The van der Waals surface area contributed by atoms with Gasteiger partial charge in [0, 0.05) is 16.0 Å².